The maximum absolute atomic E-state index is 12.8. The molecule has 1 rings (SSSR count). The number of para-hydroxylation sites is 1. The number of nitrogens with zero attached hydrogens (tertiary/aromatic N) is 2. The van der Waals surface area contributed by atoms with Gasteiger partial charge in [0.25, 0.3) is 5.69 Å². The monoisotopic (exact) mass is 291 g/mol. The number of primary amides is 1. The third-order valence-electron chi connectivity index (χ3n) is 2.00. The number of guanidine groups is 1. The first-order chi connectivity index (χ1) is 9.12. The van der Waals surface area contributed by atoms with Gasteiger partial charge < -0.3 is 11.5 Å². The summed E-state index contributed by atoms with van der Waals surface area (Å²) in [4.78, 5) is 23.4. The SMILES string of the molecule is NC(=O)NC(N)=Nc1c([N+](=O)[O-])cccc1C(F)(F)F. The number of halogens is 3. The summed E-state index contributed by atoms with van der Waals surface area (Å²) in [7, 11) is 0. The van der Waals surface area contributed by atoms with Gasteiger partial charge in [0, 0.05) is 6.07 Å². The van der Waals surface area contributed by atoms with Gasteiger partial charge in [-0.05, 0) is 6.07 Å². The van der Waals surface area contributed by atoms with Crippen LogP contribution in [0.2, 0.25) is 0 Å². The van der Waals surface area contributed by atoms with E-state index in [0.717, 1.165) is 12.1 Å². The number of nitrogens with one attached hydrogen (secondary N) is 1. The summed E-state index contributed by atoms with van der Waals surface area (Å²) >= 11 is 0. The van der Waals surface area contributed by atoms with Crippen molar-refractivity contribution in [3.05, 3.63) is 33.9 Å². The molecule has 1 aromatic rings. The van der Waals surface area contributed by atoms with Gasteiger partial charge in [-0.3, -0.25) is 15.4 Å². The Bertz CT molecular complexity index is 585. The molecule has 0 aliphatic carbocycles. The highest BCUT2D eigenvalue weighted by atomic mass is 19.4. The molecule has 0 bridgehead atoms. The minimum Gasteiger partial charge on any atom is -0.369 e. The summed E-state index contributed by atoms with van der Waals surface area (Å²) in [6.45, 7) is 0. The van der Waals surface area contributed by atoms with Crippen LogP contribution >= 0.6 is 0 Å². The fraction of sp³-hybridized carbons (Fsp3) is 0.111. The van der Waals surface area contributed by atoms with Crippen molar-refractivity contribution in [2.24, 2.45) is 16.5 Å². The van der Waals surface area contributed by atoms with Crippen molar-refractivity contribution in [3.8, 4) is 0 Å². The lowest BCUT2D eigenvalue weighted by atomic mass is 10.1. The Morgan fingerprint density at radius 2 is 1.95 bits per heavy atom. The van der Waals surface area contributed by atoms with E-state index in [1.165, 1.54) is 0 Å². The van der Waals surface area contributed by atoms with Gasteiger partial charge in [-0.15, -0.1) is 0 Å². The normalized spacial score (nSPS) is 12.1. The molecule has 0 unspecified atom stereocenters. The van der Waals surface area contributed by atoms with E-state index < -0.39 is 40.0 Å². The Morgan fingerprint density at radius 1 is 1.35 bits per heavy atom. The van der Waals surface area contributed by atoms with Gasteiger partial charge in [0.2, 0.25) is 5.96 Å². The van der Waals surface area contributed by atoms with Crippen LogP contribution in [-0.4, -0.2) is 16.9 Å². The topological polar surface area (TPSA) is 137 Å². The van der Waals surface area contributed by atoms with Crippen LogP contribution in [0, 0.1) is 10.1 Å². The molecule has 11 heteroatoms. The third kappa shape index (κ3) is 3.57. The standard InChI is InChI=1S/C9H8F3N5O3/c10-9(11,12)4-2-1-3-5(17(19)20)6(4)15-7(13)16-8(14)18/h1-3H,(H5,13,14,15,16,18). The smallest absolute Gasteiger partial charge is 0.369 e. The Hall–Kier alpha value is -2.85. The Kier molecular flexibility index (Phi) is 4.12. The molecule has 0 saturated carbocycles. The van der Waals surface area contributed by atoms with Crippen molar-refractivity contribution in [1.82, 2.24) is 5.32 Å². The minimum atomic E-state index is -4.88. The molecule has 0 aliphatic rings. The highest BCUT2D eigenvalue weighted by molar-refractivity contribution is 5.96. The number of nitro groups is 1. The number of carbonyl (C=O) groups excluding carboxylic acids is 1. The van der Waals surface area contributed by atoms with Crippen LogP contribution in [-0.2, 0) is 6.18 Å². The molecule has 20 heavy (non-hydrogen) atoms. The second kappa shape index (κ2) is 5.42. The third-order valence-corrected chi connectivity index (χ3v) is 2.00. The first kappa shape index (κ1) is 15.2. The second-order valence-electron chi connectivity index (χ2n) is 3.41. The zero-order chi connectivity index (χ0) is 15.5. The average Bonchev–Trinajstić information content (AvgIpc) is 2.25. The van der Waals surface area contributed by atoms with Crippen molar-refractivity contribution in [2.75, 3.05) is 0 Å². The predicted octanol–water partition coefficient (Wildman–Crippen LogP) is 1.23. The number of hydrogen-bond acceptors (Lipinski definition) is 4. The summed E-state index contributed by atoms with van der Waals surface area (Å²) in [6, 6.07) is 1.12. The van der Waals surface area contributed by atoms with Crippen molar-refractivity contribution < 1.29 is 22.9 Å². The molecule has 0 spiro atoms. The minimum absolute atomic E-state index is 0.601. The Balaban J connectivity index is 3.47. The molecule has 8 nitrogen and oxygen atoms in total. The average molecular weight is 291 g/mol. The number of alkyl halides is 3. The van der Waals surface area contributed by atoms with E-state index in [-0.39, 0.29) is 0 Å². The van der Waals surface area contributed by atoms with E-state index in [2.05, 4.69) is 4.99 Å². The molecular weight excluding hydrogens is 283 g/mol. The number of carbonyl (C=O) groups is 1. The summed E-state index contributed by atoms with van der Waals surface area (Å²) in [5, 5.41) is 12.4. The zero-order valence-electron chi connectivity index (χ0n) is 9.64. The number of nitrogens with two attached hydrogens (primary N) is 2. The largest absolute Gasteiger partial charge is 0.418 e. The highest BCUT2D eigenvalue weighted by Gasteiger charge is 2.37. The number of benzene rings is 1. The molecule has 0 aliphatic heterocycles. The van der Waals surface area contributed by atoms with Gasteiger partial charge in [0.05, 0.1) is 10.5 Å². The van der Waals surface area contributed by atoms with E-state index in [1.807, 2.05) is 0 Å². The van der Waals surface area contributed by atoms with Gasteiger partial charge in [-0.25, -0.2) is 9.79 Å². The lowest BCUT2D eigenvalue weighted by Crippen LogP contribution is -2.40. The predicted molar refractivity (Wildman–Crippen MR) is 62.1 cm³/mol. The van der Waals surface area contributed by atoms with Crippen LogP contribution in [0.25, 0.3) is 0 Å². The van der Waals surface area contributed by atoms with Crippen LogP contribution in [0.3, 0.4) is 0 Å². The molecule has 0 heterocycles. The van der Waals surface area contributed by atoms with Gasteiger partial charge in [-0.1, -0.05) is 6.07 Å². The molecule has 0 atom stereocenters. The van der Waals surface area contributed by atoms with E-state index in [0.29, 0.717) is 6.07 Å². The molecule has 1 aromatic carbocycles. The molecule has 0 saturated heterocycles. The summed E-state index contributed by atoms with van der Waals surface area (Å²) in [5.74, 6) is -0.794. The number of nitro benzene ring substituents is 1. The van der Waals surface area contributed by atoms with Crippen molar-refractivity contribution in [3.63, 3.8) is 0 Å². The number of hydrogen-bond donors (Lipinski definition) is 3. The molecule has 0 radical (unpaired) electrons. The van der Waals surface area contributed by atoms with Crippen LogP contribution < -0.4 is 16.8 Å². The molecular formula is C9H8F3N5O3. The maximum atomic E-state index is 12.8. The Morgan fingerprint density at radius 3 is 2.40 bits per heavy atom. The van der Waals surface area contributed by atoms with Crippen molar-refractivity contribution >= 4 is 23.4 Å². The summed E-state index contributed by atoms with van der Waals surface area (Å²) < 4.78 is 38.3. The molecule has 108 valence electrons. The van der Waals surface area contributed by atoms with Crippen molar-refractivity contribution in [2.45, 2.75) is 6.18 Å². The fourth-order valence-corrected chi connectivity index (χ4v) is 1.30. The van der Waals surface area contributed by atoms with Gasteiger partial charge >= 0.3 is 12.2 Å². The Labute approximate surface area is 109 Å². The maximum Gasteiger partial charge on any atom is 0.418 e. The van der Waals surface area contributed by atoms with E-state index in [4.69, 9.17) is 11.5 Å². The van der Waals surface area contributed by atoms with Crippen LogP contribution in [0.1, 0.15) is 5.56 Å². The van der Waals surface area contributed by atoms with E-state index in [9.17, 15) is 28.1 Å². The molecule has 0 fully saturated rings. The van der Waals surface area contributed by atoms with E-state index in [1.54, 1.807) is 5.32 Å². The summed E-state index contributed by atoms with van der Waals surface area (Å²) in [5.41, 5.74) is 6.55. The van der Waals surface area contributed by atoms with Gasteiger partial charge in [0.1, 0.15) is 0 Å². The molecule has 0 aromatic heterocycles. The van der Waals surface area contributed by atoms with Crippen LogP contribution in [0.4, 0.5) is 29.3 Å². The van der Waals surface area contributed by atoms with Gasteiger partial charge in [0.15, 0.2) is 5.69 Å². The van der Waals surface area contributed by atoms with Crippen molar-refractivity contribution in [1.29, 1.82) is 0 Å². The highest BCUT2D eigenvalue weighted by Crippen LogP contribution is 2.41. The number of rotatable bonds is 2. The van der Waals surface area contributed by atoms with Gasteiger partial charge in [-0.2, -0.15) is 13.2 Å². The number of aliphatic imine (C=N–C) groups is 1. The number of amides is 2. The number of urea groups is 1. The lowest BCUT2D eigenvalue weighted by molar-refractivity contribution is -0.384. The second-order valence-corrected chi connectivity index (χ2v) is 3.41. The molecule has 2 amide bonds. The summed E-state index contributed by atoms with van der Waals surface area (Å²) in [6.07, 6.45) is -4.88. The first-order valence-electron chi connectivity index (χ1n) is 4.88. The van der Waals surface area contributed by atoms with E-state index >= 15 is 0 Å². The zero-order valence-corrected chi connectivity index (χ0v) is 9.64. The quantitative estimate of drug-likeness (QED) is 0.326. The first-order valence-corrected chi connectivity index (χ1v) is 4.88. The van der Waals surface area contributed by atoms with Crippen LogP contribution in [0.15, 0.2) is 23.2 Å². The fourth-order valence-electron chi connectivity index (χ4n) is 1.30. The lowest BCUT2D eigenvalue weighted by Gasteiger charge is -2.10. The van der Waals surface area contributed by atoms with Crippen LogP contribution in [0.5, 0.6) is 0 Å². The molecule has 5 N–H and O–H groups in total.